The summed E-state index contributed by atoms with van der Waals surface area (Å²) >= 11 is 0. The predicted molar refractivity (Wildman–Crippen MR) is 95.3 cm³/mol. The van der Waals surface area contributed by atoms with Crippen LogP contribution in [0.2, 0.25) is 0 Å². The first-order chi connectivity index (χ1) is 12.4. The van der Waals surface area contributed by atoms with Gasteiger partial charge in [0.05, 0.1) is 0 Å². The van der Waals surface area contributed by atoms with Crippen molar-refractivity contribution in [2.75, 3.05) is 33.2 Å². The molecule has 1 aliphatic carbocycles. The van der Waals surface area contributed by atoms with Crippen molar-refractivity contribution >= 4 is 11.9 Å². The fourth-order valence-corrected chi connectivity index (χ4v) is 4.93. The maximum atomic E-state index is 13.0. The molecule has 2 fully saturated rings. The SMILES string of the molecule is CN1CC[C@H]2CN(C(=O)c3cc4c([nH]c3=O)CCCC4)C[C@@]2(C(=O)O)C1. The highest BCUT2D eigenvalue weighted by Crippen LogP contribution is 2.42. The number of rotatable bonds is 2. The molecule has 1 aromatic rings. The van der Waals surface area contributed by atoms with E-state index in [1.54, 1.807) is 11.0 Å². The van der Waals surface area contributed by atoms with E-state index >= 15 is 0 Å². The number of aromatic nitrogens is 1. The van der Waals surface area contributed by atoms with Crippen molar-refractivity contribution in [3.8, 4) is 0 Å². The van der Waals surface area contributed by atoms with Gasteiger partial charge in [0, 0.05) is 25.3 Å². The number of aromatic amines is 1. The van der Waals surface area contributed by atoms with E-state index in [0.717, 1.165) is 49.9 Å². The molecule has 0 radical (unpaired) electrons. The maximum Gasteiger partial charge on any atom is 0.313 e. The lowest BCUT2D eigenvalue weighted by molar-refractivity contribution is -0.153. The van der Waals surface area contributed by atoms with E-state index in [9.17, 15) is 19.5 Å². The molecule has 0 unspecified atom stereocenters. The third-order valence-electron chi connectivity index (χ3n) is 6.39. The molecule has 2 aliphatic heterocycles. The number of aryl methyl sites for hydroxylation is 2. The van der Waals surface area contributed by atoms with Gasteiger partial charge in [-0.3, -0.25) is 14.4 Å². The summed E-state index contributed by atoms with van der Waals surface area (Å²) in [5.74, 6) is -1.24. The molecular formula is C19H25N3O4. The van der Waals surface area contributed by atoms with Crippen LogP contribution in [-0.2, 0) is 17.6 Å². The molecule has 1 aromatic heterocycles. The third kappa shape index (κ3) is 2.65. The number of fused-ring (bicyclic) bond motifs is 2. The Morgan fingerprint density at radius 1 is 1.27 bits per heavy atom. The summed E-state index contributed by atoms with van der Waals surface area (Å²) in [5.41, 5.74) is 0.856. The molecule has 2 N–H and O–H groups in total. The number of pyridine rings is 1. The van der Waals surface area contributed by atoms with Crippen LogP contribution in [0.1, 0.15) is 40.9 Å². The molecule has 2 atom stereocenters. The highest BCUT2D eigenvalue weighted by Gasteiger charge is 2.55. The minimum Gasteiger partial charge on any atom is -0.481 e. The summed E-state index contributed by atoms with van der Waals surface area (Å²) < 4.78 is 0. The summed E-state index contributed by atoms with van der Waals surface area (Å²) in [7, 11) is 1.92. The van der Waals surface area contributed by atoms with Crippen LogP contribution in [0.5, 0.6) is 0 Å². The number of piperidine rings is 1. The fraction of sp³-hybridized carbons (Fsp3) is 0.632. The Morgan fingerprint density at radius 3 is 2.81 bits per heavy atom. The Balaban J connectivity index is 1.64. The van der Waals surface area contributed by atoms with E-state index in [1.165, 1.54) is 0 Å². The topological polar surface area (TPSA) is 93.7 Å². The number of amides is 1. The first-order valence-corrected chi connectivity index (χ1v) is 9.37. The number of carboxylic acid groups (broad SMARTS) is 1. The zero-order valence-electron chi connectivity index (χ0n) is 15.1. The summed E-state index contributed by atoms with van der Waals surface area (Å²) in [5, 5.41) is 9.87. The Kier molecular flexibility index (Phi) is 4.14. The van der Waals surface area contributed by atoms with Gasteiger partial charge in [0.25, 0.3) is 11.5 Å². The molecule has 26 heavy (non-hydrogen) atoms. The molecule has 7 nitrogen and oxygen atoms in total. The molecule has 0 aromatic carbocycles. The van der Waals surface area contributed by atoms with Crippen LogP contribution in [0, 0.1) is 11.3 Å². The number of likely N-dealkylation sites (tertiary alicyclic amines) is 2. The van der Waals surface area contributed by atoms with Gasteiger partial charge >= 0.3 is 5.97 Å². The first-order valence-electron chi connectivity index (χ1n) is 9.37. The molecule has 4 rings (SSSR count). The predicted octanol–water partition coefficient (Wildman–Crippen LogP) is 0.732. The number of aliphatic carboxylic acids is 1. The number of nitrogens with one attached hydrogen (secondary N) is 1. The van der Waals surface area contributed by atoms with Crippen LogP contribution < -0.4 is 5.56 Å². The van der Waals surface area contributed by atoms with Gasteiger partial charge in [-0.25, -0.2) is 0 Å². The monoisotopic (exact) mass is 359 g/mol. The van der Waals surface area contributed by atoms with E-state index in [2.05, 4.69) is 4.98 Å². The molecular weight excluding hydrogens is 334 g/mol. The van der Waals surface area contributed by atoms with Gasteiger partial charge in [-0.05, 0) is 63.2 Å². The van der Waals surface area contributed by atoms with E-state index in [1.807, 2.05) is 11.9 Å². The molecule has 140 valence electrons. The van der Waals surface area contributed by atoms with Crippen LogP contribution in [-0.4, -0.2) is 65.0 Å². The van der Waals surface area contributed by atoms with Gasteiger partial charge in [-0.15, -0.1) is 0 Å². The third-order valence-corrected chi connectivity index (χ3v) is 6.39. The lowest BCUT2D eigenvalue weighted by atomic mass is 9.73. The smallest absolute Gasteiger partial charge is 0.313 e. The van der Waals surface area contributed by atoms with Crippen molar-refractivity contribution in [1.82, 2.24) is 14.8 Å². The summed E-state index contributed by atoms with van der Waals surface area (Å²) in [6.45, 7) is 1.86. The molecule has 3 aliphatic rings. The summed E-state index contributed by atoms with van der Waals surface area (Å²) in [6.07, 6.45) is 4.59. The minimum absolute atomic E-state index is 0.0585. The van der Waals surface area contributed by atoms with Crippen molar-refractivity contribution in [2.45, 2.75) is 32.1 Å². The quantitative estimate of drug-likeness (QED) is 0.812. The fourth-order valence-electron chi connectivity index (χ4n) is 4.93. The number of hydrogen-bond acceptors (Lipinski definition) is 4. The molecule has 2 saturated heterocycles. The van der Waals surface area contributed by atoms with Gasteiger partial charge in [0.1, 0.15) is 11.0 Å². The van der Waals surface area contributed by atoms with Crippen LogP contribution in [0.4, 0.5) is 0 Å². The number of carbonyl (C=O) groups is 2. The van der Waals surface area contributed by atoms with Crippen molar-refractivity contribution < 1.29 is 14.7 Å². The van der Waals surface area contributed by atoms with Crippen LogP contribution >= 0.6 is 0 Å². The number of H-pyrrole nitrogens is 1. The van der Waals surface area contributed by atoms with Gasteiger partial charge in [-0.2, -0.15) is 0 Å². The number of hydrogen-bond donors (Lipinski definition) is 2. The second-order valence-corrected chi connectivity index (χ2v) is 8.09. The largest absolute Gasteiger partial charge is 0.481 e. The van der Waals surface area contributed by atoms with Gasteiger partial charge < -0.3 is 19.9 Å². The molecule has 0 saturated carbocycles. The minimum atomic E-state index is -0.927. The molecule has 7 heteroatoms. The number of carbonyl (C=O) groups excluding carboxylic acids is 1. The summed E-state index contributed by atoms with van der Waals surface area (Å²) in [4.78, 5) is 44.0. The van der Waals surface area contributed by atoms with Crippen molar-refractivity contribution in [3.63, 3.8) is 0 Å². The van der Waals surface area contributed by atoms with E-state index in [-0.39, 0.29) is 29.5 Å². The highest BCUT2D eigenvalue weighted by atomic mass is 16.4. The average Bonchev–Trinajstić information content (AvgIpc) is 3.00. The van der Waals surface area contributed by atoms with E-state index in [0.29, 0.717) is 13.1 Å². The Hall–Kier alpha value is -2.15. The number of carboxylic acids is 1. The maximum absolute atomic E-state index is 13.0. The Bertz CT molecular complexity index is 817. The Labute approximate surface area is 152 Å². The second kappa shape index (κ2) is 6.23. The Morgan fingerprint density at radius 2 is 2.04 bits per heavy atom. The van der Waals surface area contributed by atoms with Gasteiger partial charge in [-0.1, -0.05) is 0 Å². The average molecular weight is 359 g/mol. The zero-order valence-corrected chi connectivity index (χ0v) is 15.1. The molecule has 1 amide bonds. The van der Waals surface area contributed by atoms with E-state index < -0.39 is 11.4 Å². The van der Waals surface area contributed by atoms with Crippen LogP contribution in [0.15, 0.2) is 10.9 Å². The lowest BCUT2D eigenvalue weighted by Crippen LogP contribution is -2.52. The zero-order chi connectivity index (χ0) is 18.5. The molecule has 0 bridgehead atoms. The van der Waals surface area contributed by atoms with E-state index in [4.69, 9.17) is 0 Å². The van der Waals surface area contributed by atoms with Gasteiger partial charge in [0.2, 0.25) is 0 Å². The van der Waals surface area contributed by atoms with Crippen LogP contribution in [0.3, 0.4) is 0 Å². The molecule has 3 heterocycles. The number of nitrogens with zero attached hydrogens (tertiary/aromatic N) is 2. The molecule has 0 spiro atoms. The van der Waals surface area contributed by atoms with Crippen molar-refractivity contribution in [1.29, 1.82) is 0 Å². The van der Waals surface area contributed by atoms with Crippen molar-refractivity contribution in [2.24, 2.45) is 11.3 Å². The summed E-state index contributed by atoms with van der Waals surface area (Å²) in [6, 6.07) is 1.73. The van der Waals surface area contributed by atoms with Crippen molar-refractivity contribution in [3.05, 3.63) is 33.2 Å². The highest BCUT2D eigenvalue weighted by molar-refractivity contribution is 5.95. The first kappa shape index (κ1) is 17.3. The standard InChI is InChI=1S/C19H25N3O4/c1-21-7-6-13-9-22(11-19(13,10-21)18(25)26)17(24)14-8-12-4-2-3-5-15(12)20-16(14)23/h8,13H,2-7,9-11H2,1H3,(H,20,23)(H,25,26)/t13-,19-/m0/s1. The van der Waals surface area contributed by atoms with Crippen LogP contribution in [0.25, 0.3) is 0 Å². The second-order valence-electron chi connectivity index (χ2n) is 8.09. The lowest BCUT2D eigenvalue weighted by Gasteiger charge is -2.39. The van der Waals surface area contributed by atoms with Gasteiger partial charge in [0.15, 0.2) is 0 Å². The normalized spacial score (nSPS) is 28.5.